The Balaban J connectivity index is 2.60. The van der Waals surface area contributed by atoms with E-state index in [2.05, 4.69) is 11.7 Å². The van der Waals surface area contributed by atoms with Crippen molar-refractivity contribution in [3.8, 4) is 0 Å². The summed E-state index contributed by atoms with van der Waals surface area (Å²) in [6, 6.07) is 6.33. The van der Waals surface area contributed by atoms with E-state index in [1.165, 1.54) is 13.2 Å². The van der Waals surface area contributed by atoms with Gasteiger partial charge in [-0.15, -0.1) is 0 Å². The quantitative estimate of drug-likeness (QED) is 0.575. The first-order valence-corrected chi connectivity index (χ1v) is 6.04. The van der Waals surface area contributed by atoms with Gasteiger partial charge >= 0.3 is 11.9 Å². The zero-order valence-corrected chi connectivity index (χ0v) is 10.8. The SMILES string of the molecule is CCCCCOC(=O)c1cccc(C(=O)OC)c1. The third kappa shape index (κ3) is 4.20. The number of methoxy groups -OCH3 is 1. The molecule has 0 spiro atoms. The van der Waals surface area contributed by atoms with Crippen molar-refractivity contribution in [2.75, 3.05) is 13.7 Å². The lowest BCUT2D eigenvalue weighted by molar-refractivity contribution is 0.0498. The zero-order valence-electron chi connectivity index (χ0n) is 10.8. The second kappa shape index (κ2) is 7.48. The summed E-state index contributed by atoms with van der Waals surface area (Å²) >= 11 is 0. The molecule has 98 valence electrons. The van der Waals surface area contributed by atoms with Crippen LogP contribution in [0.5, 0.6) is 0 Å². The predicted octanol–water partition coefficient (Wildman–Crippen LogP) is 2.82. The van der Waals surface area contributed by atoms with Gasteiger partial charge in [0.15, 0.2) is 0 Å². The van der Waals surface area contributed by atoms with Crippen LogP contribution >= 0.6 is 0 Å². The number of carbonyl (C=O) groups excluding carboxylic acids is 2. The Hall–Kier alpha value is -1.84. The Bertz CT molecular complexity index is 412. The van der Waals surface area contributed by atoms with Crippen LogP contribution in [0.1, 0.15) is 46.9 Å². The third-order valence-corrected chi connectivity index (χ3v) is 2.50. The summed E-state index contributed by atoms with van der Waals surface area (Å²) in [6.07, 6.45) is 2.98. The van der Waals surface area contributed by atoms with Crippen LogP contribution in [-0.4, -0.2) is 25.7 Å². The first-order valence-electron chi connectivity index (χ1n) is 6.04. The number of unbranched alkanes of at least 4 members (excludes halogenated alkanes) is 2. The molecule has 0 saturated heterocycles. The van der Waals surface area contributed by atoms with E-state index < -0.39 is 11.9 Å². The molecule has 0 fully saturated rings. The van der Waals surface area contributed by atoms with Gasteiger partial charge in [0.25, 0.3) is 0 Å². The van der Waals surface area contributed by atoms with Gasteiger partial charge in [-0.3, -0.25) is 0 Å². The third-order valence-electron chi connectivity index (χ3n) is 2.50. The van der Waals surface area contributed by atoms with Crippen molar-refractivity contribution >= 4 is 11.9 Å². The van der Waals surface area contributed by atoms with Crippen molar-refractivity contribution in [1.29, 1.82) is 0 Å². The molecule has 4 nitrogen and oxygen atoms in total. The topological polar surface area (TPSA) is 52.6 Å². The number of ether oxygens (including phenoxy) is 2. The van der Waals surface area contributed by atoms with Gasteiger partial charge in [0.2, 0.25) is 0 Å². The van der Waals surface area contributed by atoms with Crippen LogP contribution in [0.2, 0.25) is 0 Å². The van der Waals surface area contributed by atoms with E-state index in [-0.39, 0.29) is 0 Å². The van der Waals surface area contributed by atoms with Crippen molar-refractivity contribution < 1.29 is 19.1 Å². The molecule has 0 unspecified atom stereocenters. The lowest BCUT2D eigenvalue weighted by Crippen LogP contribution is -2.08. The fourth-order valence-corrected chi connectivity index (χ4v) is 1.49. The van der Waals surface area contributed by atoms with Gasteiger partial charge in [-0.25, -0.2) is 9.59 Å². The monoisotopic (exact) mass is 250 g/mol. The maximum absolute atomic E-state index is 11.7. The highest BCUT2D eigenvalue weighted by Gasteiger charge is 2.11. The van der Waals surface area contributed by atoms with Gasteiger partial charge in [-0.2, -0.15) is 0 Å². The summed E-state index contributed by atoms with van der Waals surface area (Å²) < 4.78 is 9.70. The minimum Gasteiger partial charge on any atom is -0.465 e. The van der Waals surface area contributed by atoms with Gasteiger partial charge in [-0.05, 0) is 24.6 Å². The van der Waals surface area contributed by atoms with Crippen molar-refractivity contribution in [1.82, 2.24) is 0 Å². The van der Waals surface area contributed by atoms with E-state index in [1.54, 1.807) is 18.2 Å². The smallest absolute Gasteiger partial charge is 0.338 e. The molecule has 0 aliphatic rings. The van der Waals surface area contributed by atoms with Crippen LogP contribution in [0.4, 0.5) is 0 Å². The Kier molecular flexibility index (Phi) is 5.91. The summed E-state index contributed by atoms with van der Waals surface area (Å²) in [5.74, 6) is -0.868. The van der Waals surface area contributed by atoms with Gasteiger partial charge in [-0.1, -0.05) is 25.8 Å². The molecule has 0 aromatic heterocycles. The molecular formula is C14H18O4. The number of carbonyl (C=O) groups is 2. The number of hydrogen-bond acceptors (Lipinski definition) is 4. The lowest BCUT2D eigenvalue weighted by Gasteiger charge is -2.05. The Labute approximate surface area is 107 Å². The zero-order chi connectivity index (χ0) is 13.4. The molecule has 4 heteroatoms. The second-order valence-corrected chi connectivity index (χ2v) is 3.92. The number of hydrogen-bond donors (Lipinski definition) is 0. The van der Waals surface area contributed by atoms with E-state index in [9.17, 15) is 9.59 Å². The van der Waals surface area contributed by atoms with Gasteiger partial charge in [0.05, 0.1) is 24.8 Å². The maximum atomic E-state index is 11.7. The number of rotatable bonds is 6. The molecule has 18 heavy (non-hydrogen) atoms. The molecular weight excluding hydrogens is 232 g/mol. The summed E-state index contributed by atoms with van der Waals surface area (Å²) in [6.45, 7) is 2.50. The van der Waals surface area contributed by atoms with Crippen molar-refractivity contribution in [2.45, 2.75) is 26.2 Å². The minimum atomic E-state index is -0.462. The van der Waals surface area contributed by atoms with E-state index in [1.807, 2.05) is 0 Å². The van der Waals surface area contributed by atoms with Crippen LogP contribution in [0.15, 0.2) is 24.3 Å². The number of benzene rings is 1. The molecule has 0 radical (unpaired) electrons. The first kappa shape index (κ1) is 14.2. The van der Waals surface area contributed by atoms with Crippen LogP contribution in [0.25, 0.3) is 0 Å². The van der Waals surface area contributed by atoms with Crippen molar-refractivity contribution in [2.24, 2.45) is 0 Å². The average molecular weight is 250 g/mol. The van der Waals surface area contributed by atoms with E-state index in [4.69, 9.17) is 4.74 Å². The standard InChI is InChI=1S/C14H18O4/c1-3-4-5-9-18-14(16)12-8-6-7-11(10-12)13(15)17-2/h6-8,10H,3-5,9H2,1-2H3. The molecule has 1 rings (SSSR count). The Morgan fingerprint density at radius 1 is 1.11 bits per heavy atom. The molecule has 0 N–H and O–H groups in total. The molecule has 0 saturated carbocycles. The van der Waals surface area contributed by atoms with Crippen molar-refractivity contribution in [3.63, 3.8) is 0 Å². The number of esters is 2. The highest BCUT2D eigenvalue weighted by atomic mass is 16.5. The fraction of sp³-hybridized carbons (Fsp3) is 0.429. The molecule has 0 aliphatic carbocycles. The molecule has 0 atom stereocenters. The molecule has 0 heterocycles. The average Bonchev–Trinajstić information content (AvgIpc) is 2.42. The van der Waals surface area contributed by atoms with Crippen LogP contribution in [-0.2, 0) is 9.47 Å². The first-order chi connectivity index (χ1) is 8.69. The van der Waals surface area contributed by atoms with Crippen LogP contribution in [0.3, 0.4) is 0 Å². The second-order valence-electron chi connectivity index (χ2n) is 3.92. The summed E-state index contributed by atoms with van der Waals surface area (Å²) in [5.41, 5.74) is 0.718. The highest BCUT2D eigenvalue weighted by Crippen LogP contribution is 2.08. The van der Waals surface area contributed by atoms with E-state index in [0.717, 1.165) is 19.3 Å². The lowest BCUT2D eigenvalue weighted by atomic mass is 10.1. The summed E-state index contributed by atoms with van der Waals surface area (Å²) in [5, 5.41) is 0. The van der Waals surface area contributed by atoms with Gasteiger partial charge in [0, 0.05) is 0 Å². The molecule has 0 amide bonds. The van der Waals surface area contributed by atoms with Crippen molar-refractivity contribution in [3.05, 3.63) is 35.4 Å². The van der Waals surface area contributed by atoms with Crippen LogP contribution < -0.4 is 0 Å². The Morgan fingerprint density at radius 2 is 1.78 bits per heavy atom. The molecule has 1 aromatic rings. The summed E-state index contributed by atoms with van der Waals surface area (Å²) in [4.78, 5) is 23.0. The van der Waals surface area contributed by atoms with E-state index in [0.29, 0.717) is 17.7 Å². The normalized spacial score (nSPS) is 9.89. The minimum absolute atomic E-state index is 0.348. The van der Waals surface area contributed by atoms with Gasteiger partial charge < -0.3 is 9.47 Å². The van der Waals surface area contributed by atoms with Crippen LogP contribution in [0, 0.1) is 0 Å². The fourth-order valence-electron chi connectivity index (χ4n) is 1.49. The van der Waals surface area contributed by atoms with Gasteiger partial charge in [0.1, 0.15) is 0 Å². The molecule has 0 bridgehead atoms. The summed E-state index contributed by atoms with van der Waals surface area (Å²) in [7, 11) is 1.30. The molecule has 1 aromatic carbocycles. The highest BCUT2D eigenvalue weighted by molar-refractivity contribution is 5.95. The predicted molar refractivity (Wildman–Crippen MR) is 67.6 cm³/mol. The Morgan fingerprint density at radius 3 is 2.39 bits per heavy atom. The maximum Gasteiger partial charge on any atom is 0.338 e. The van der Waals surface area contributed by atoms with E-state index >= 15 is 0 Å². The largest absolute Gasteiger partial charge is 0.465 e. The molecule has 0 aliphatic heterocycles.